The van der Waals surface area contributed by atoms with Gasteiger partial charge in [-0.25, -0.2) is 4.79 Å². The number of carbonyl (C=O) groups excluding carboxylic acids is 3. The number of methoxy groups -OCH3 is 1. The summed E-state index contributed by atoms with van der Waals surface area (Å²) in [7, 11) is 1.27. The number of dihydropyridines is 1. The molecule has 0 radical (unpaired) electrons. The highest BCUT2D eigenvalue weighted by Crippen LogP contribution is 2.41. The molecule has 0 saturated heterocycles. The van der Waals surface area contributed by atoms with Gasteiger partial charge in [-0.1, -0.05) is 47.6 Å². The van der Waals surface area contributed by atoms with Gasteiger partial charge in [-0.15, -0.1) is 0 Å². The van der Waals surface area contributed by atoms with Crippen LogP contribution in [0, 0.1) is 11.3 Å². The molecule has 1 aliphatic rings. The van der Waals surface area contributed by atoms with Crippen LogP contribution in [-0.2, 0) is 14.3 Å². The number of rotatable bonds is 7. The molecule has 1 unspecified atom stereocenters. The van der Waals surface area contributed by atoms with Gasteiger partial charge in [0.25, 0.3) is 0 Å². The molecule has 174 valence electrons. The second-order valence-corrected chi connectivity index (χ2v) is 8.86. The molecule has 0 saturated carbocycles. The predicted molar refractivity (Wildman–Crippen MR) is 132 cm³/mol. The van der Waals surface area contributed by atoms with Crippen molar-refractivity contribution in [1.82, 2.24) is 5.32 Å². The number of para-hydroxylation sites is 1. The minimum absolute atomic E-state index is 0.0287. The maximum atomic E-state index is 12.7. The number of esters is 1. The van der Waals surface area contributed by atoms with Crippen LogP contribution >= 0.6 is 23.4 Å². The Morgan fingerprint density at radius 2 is 1.85 bits per heavy atom. The zero-order valence-corrected chi connectivity index (χ0v) is 20.3. The molecule has 34 heavy (non-hydrogen) atoms. The number of thioether (sulfide) groups is 1. The van der Waals surface area contributed by atoms with Gasteiger partial charge in [0, 0.05) is 16.3 Å². The highest BCUT2D eigenvalue weighted by molar-refractivity contribution is 8.03. The van der Waals surface area contributed by atoms with Gasteiger partial charge in [0.05, 0.1) is 46.7 Å². The summed E-state index contributed by atoms with van der Waals surface area (Å²) in [6.45, 7) is 3.23. The maximum Gasteiger partial charge on any atom is 0.339 e. The number of hydrogen-bond donors (Lipinski definition) is 2. The van der Waals surface area contributed by atoms with Gasteiger partial charge in [-0.3, -0.25) is 9.59 Å². The van der Waals surface area contributed by atoms with Crippen LogP contribution in [0.4, 0.5) is 5.69 Å². The first kappa shape index (κ1) is 25.1. The number of nitriles is 1. The molecular formula is C25H22ClN3O4S. The number of ketones is 1. The Bertz CT molecular complexity index is 1250. The summed E-state index contributed by atoms with van der Waals surface area (Å²) in [6, 6.07) is 15.7. The number of nitrogens with one attached hydrogen (secondary N) is 2. The lowest BCUT2D eigenvalue weighted by molar-refractivity contribution is -0.114. The summed E-state index contributed by atoms with van der Waals surface area (Å²) in [6.07, 6.45) is 0. The molecule has 2 aromatic carbocycles. The van der Waals surface area contributed by atoms with Crippen molar-refractivity contribution in [2.24, 2.45) is 0 Å². The Hall–Kier alpha value is -3.54. The highest BCUT2D eigenvalue weighted by atomic mass is 35.5. The summed E-state index contributed by atoms with van der Waals surface area (Å²) < 4.78 is 4.75. The summed E-state index contributed by atoms with van der Waals surface area (Å²) in [5.41, 5.74) is 2.77. The minimum atomic E-state index is -0.577. The van der Waals surface area contributed by atoms with Crippen LogP contribution in [0.25, 0.3) is 0 Å². The standard InChI is InChI=1S/C25H22ClN3O4S/c1-14-22(15(2)30)23(16-8-10-17(26)11-9-16)19(12-27)24(28-14)34-13-21(31)29-20-7-5-4-6-18(20)25(32)33-3/h4-11,23,28H,13H2,1-3H3,(H,29,31). The second-order valence-electron chi connectivity index (χ2n) is 7.43. The smallest absolute Gasteiger partial charge is 0.339 e. The SMILES string of the molecule is COC(=O)c1ccccc1NC(=O)CSC1=C(C#N)C(c2ccc(Cl)cc2)C(C(C)=O)=C(C)N1. The number of nitrogens with zero attached hydrogens (tertiary/aromatic N) is 1. The summed E-state index contributed by atoms with van der Waals surface area (Å²) in [5.74, 6) is -1.69. The minimum Gasteiger partial charge on any atom is -0.465 e. The van der Waals surface area contributed by atoms with Crippen LogP contribution in [0.15, 0.2) is 70.4 Å². The molecule has 0 aromatic heterocycles. The number of halogens is 1. The average Bonchev–Trinajstić information content (AvgIpc) is 2.82. The zero-order chi connectivity index (χ0) is 24.8. The number of anilines is 1. The first-order valence-electron chi connectivity index (χ1n) is 10.2. The third-order valence-corrected chi connectivity index (χ3v) is 6.45. The topological polar surface area (TPSA) is 108 Å². The van der Waals surface area contributed by atoms with E-state index in [0.29, 0.717) is 32.6 Å². The van der Waals surface area contributed by atoms with E-state index in [9.17, 15) is 19.6 Å². The van der Waals surface area contributed by atoms with Crippen LogP contribution in [-0.4, -0.2) is 30.5 Å². The van der Waals surface area contributed by atoms with Crippen molar-refractivity contribution in [1.29, 1.82) is 5.26 Å². The largest absolute Gasteiger partial charge is 0.465 e. The fourth-order valence-electron chi connectivity index (χ4n) is 3.69. The number of ether oxygens (including phenoxy) is 1. The molecule has 9 heteroatoms. The molecule has 1 heterocycles. The monoisotopic (exact) mass is 495 g/mol. The van der Waals surface area contributed by atoms with Gasteiger partial charge >= 0.3 is 5.97 Å². The molecule has 1 amide bonds. The van der Waals surface area contributed by atoms with Crippen LogP contribution < -0.4 is 10.6 Å². The van der Waals surface area contributed by atoms with Crippen molar-refractivity contribution in [3.05, 3.63) is 86.6 Å². The molecular weight excluding hydrogens is 474 g/mol. The van der Waals surface area contributed by atoms with E-state index in [2.05, 4.69) is 16.7 Å². The summed E-state index contributed by atoms with van der Waals surface area (Å²) in [4.78, 5) is 37.0. The lowest BCUT2D eigenvalue weighted by atomic mass is 9.81. The highest BCUT2D eigenvalue weighted by Gasteiger charge is 2.33. The van der Waals surface area contributed by atoms with Crippen LogP contribution in [0.1, 0.15) is 35.7 Å². The van der Waals surface area contributed by atoms with Gasteiger partial charge in [-0.05, 0) is 43.7 Å². The number of amides is 1. The molecule has 7 nitrogen and oxygen atoms in total. The van der Waals surface area contributed by atoms with Crippen molar-refractivity contribution in [3.8, 4) is 6.07 Å². The Morgan fingerprint density at radius 1 is 1.18 bits per heavy atom. The van der Waals surface area contributed by atoms with E-state index in [1.807, 2.05) is 0 Å². The number of allylic oxidation sites excluding steroid dienone is 3. The van der Waals surface area contributed by atoms with E-state index in [4.69, 9.17) is 16.3 Å². The number of hydrogen-bond acceptors (Lipinski definition) is 7. The van der Waals surface area contributed by atoms with Gasteiger partial charge in [0.2, 0.25) is 5.91 Å². The van der Waals surface area contributed by atoms with Crippen LogP contribution in [0.5, 0.6) is 0 Å². The lowest BCUT2D eigenvalue weighted by Gasteiger charge is -2.29. The third kappa shape index (κ3) is 5.50. The van der Waals surface area contributed by atoms with Crippen molar-refractivity contribution >= 4 is 46.7 Å². The molecule has 2 N–H and O–H groups in total. The average molecular weight is 496 g/mol. The van der Waals surface area contributed by atoms with Gasteiger partial charge in [0.15, 0.2) is 5.78 Å². The lowest BCUT2D eigenvalue weighted by Crippen LogP contribution is -2.28. The molecule has 0 bridgehead atoms. The fraction of sp³-hybridized carbons (Fsp3) is 0.200. The number of Topliss-reactive ketones (excluding diaryl/α,β-unsaturated/α-hetero) is 1. The van der Waals surface area contributed by atoms with E-state index in [1.165, 1.54) is 14.0 Å². The maximum absolute atomic E-state index is 12.7. The van der Waals surface area contributed by atoms with Crippen molar-refractivity contribution in [3.63, 3.8) is 0 Å². The first-order chi connectivity index (χ1) is 16.3. The predicted octanol–water partition coefficient (Wildman–Crippen LogP) is 4.78. The molecule has 0 fully saturated rings. The third-order valence-electron chi connectivity index (χ3n) is 5.18. The normalized spacial score (nSPS) is 15.3. The van der Waals surface area contributed by atoms with E-state index >= 15 is 0 Å². The molecule has 3 rings (SSSR count). The molecule has 0 spiro atoms. The van der Waals surface area contributed by atoms with Gasteiger partial charge in [0.1, 0.15) is 0 Å². The number of carbonyl (C=O) groups is 3. The molecule has 1 aliphatic heterocycles. The Balaban J connectivity index is 1.86. The van der Waals surface area contributed by atoms with Crippen LogP contribution in [0.2, 0.25) is 5.02 Å². The van der Waals surface area contributed by atoms with E-state index < -0.39 is 11.9 Å². The number of benzene rings is 2. The quantitative estimate of drug-likeness (QED) is 0.532. The van der Waals surface area contributed by atoms with Crippen LogP contribution in [0.3, 0.4) is 0 Å². The Kier molecular flexibility index (Phi) is 8.16. The summed E-state index contributed by atoms with van der Waals surface area (Å²) >= 11 is 7.17. The molecule has 0 aliphatic carbocycles. The Morgan fingerprint density at radius 3 is 2.47 bits per heavy atom. The summed E-state index contributed by atoms with van der Waals surface area (Å²) in [5, 5.41) is 16.8. The van der Waals surface area contributed by atoms with Crippen molar-refractivity contribution in [2.45, 2.75) is 19.8 Å². The Labute approximate surface area is 206 Å². The van der Waals surface area contributed by atoms with E-state index in [-0.39, 0.29) is 23.0 Å². The fourth-order valence-corrected chi connectivity index (χ4v) is 4.70. The van der Waals surface area contributed by atoms with E-state index in [1.54, 1.807) is 55.5 Å². The van der Waals surface area contributed by atoms with Crippen molar-refractivity contribution in [2.75, 3.05) is 18.2 Å². The van der Waals surface area contributed by atoms with E-state index in [0.717, 1.165) is 17.3 Å². The molecule has 2 aromatic rings. The first-order valence-corrected chi connectivity index (χ1v) is 11.6. The van der Waals surface area contributed by atoms with Crippen molar-refractivity contribution < 1.29 is 19.1 Å². The zero-order valence-electron chi connectivity index (χ0n) is 18.8. The molecule has 1 atom stereocenters. The van der Waals surface area contributed by atoms with Gasteiger partial charge < -0.3 is 15.4 Å². The van der Waals surface area contributed by atoms with Gasteiger partial charge in [-0.2, -0.15) is 5.26 Å². The second kappa shape index (κ2) is 11.1.